The van der Waals surface area contributed by atoms with E-state index in [1.165, 1.54) is 19.1 Å². The topological polar surface area (TPSA) is 66.5 Å². The Morgan fingerprint density at radius 2 is 1.76 bits per heavy atom. The van der Waals surface area contributed by atoms with Crippen LogP contribution in [0.4, 0.5) is 0 Å². The highest BCUT2D eigenvalue weighted by Gasteiger charge is 2.28. The number of rotatable bonds is 3. The predicted octanol–water partition coefficient (Wildman–Crippen LogP) is 2.28. The normalized spacial score (nSPS) is 17.0. The molecule has 5 nitrogen and oxygen atoms in total. The van der Waals surface area contributed by atoms with Gasteiger partial charge in [-0.25, -0.2) is 13.1 Å². The van der Waals surface area contributed by atoms with Crippen LogP contribution in [-0.2, 0) is 14.8 Å². The predicted molar refractivity (Wildman–Crippen MR) is 82.1 cm³/mol. The number of piperidine rings is 1. The lowest BCUT2D eigenvalue weighted by Crippen LogP contribution is -2.46. The fourth-order valence-electron chi connectivity index (χ4n) is 2.33. The summed E-state index contributed by atoms with van der Waals surface area (Å²) in [7, 11) is -3.78. The van der Waals surface area contributed by atoms with Crippen molar-refractivity contribution in [1.29, 1.82) is 0 Å². The lowest BCUT2D eigenvalue weighted by atomic mass is 10.1. The fourth-order valence-corrected chi connectivity index (χ4v) is 4.78. The Hall–Kier alpha value is -0.820. The van der Waals surface area contributed by atoms with Crippen molar-refractivity contribution >= 4 is 39.1 Å². The zero-order chi connectivity index (χ0) is 15.6. The van der Waals surface area contributed by atoms with Crippen LogP contribution in [0.1, 0.15) is 19.8 Å². The molecular weight excluding hydrogens is 335 g/mol. The number of amides is 1. The van der Waals surface area contributed by atoms with Crippen LogP contribution in [0.15, 0.2) is 23.1 Å². The summed E-state index contributed by atoms with van der Waals surface area (Å²) in [5, 5.41) is 0.187. The van der Waals surface area contributed by atoms with Crippen LogP contribution < -0.4 is 4.72 Å². The van der Waals surface area contributed by atoms with E-state index in [4.69, 9.17) is 23.2 Å². The molecule has 1 saturated heterocycles. The third-order valence-electron chi connectivity index (χ3n) is 3.45. The number of carbonyl (C=O) groups is 1. The van der Waals surface area contributed by atoms with Crippen molar-refractivity contribution in [2.75, 3.05) is 13.1 Å². The summed E-state index contributed by atoms with van der Waals surface area (Å²) in [6, 6.07) is 4.34. The summed E-state index contributed by atoms with van der Waals surface area (Å²) in [5.74, 6) is 0.00505. The van der Waals surface area contributed by atoms with Crippen LogP contribution in [0.25, 0.3) is 0 Å². The molecule has 21 heavy (non-hydrogen) atoms. The SMILES string of the molecule is CC(=O)N1CCC(NS(=O)(=O)c2c(Cl)cccc2Cl)CC1. The third kappa shape index (κ3) is 3.88. The van der Waals surface area contributed by atoms with Gasteiger partial charge in [0.15, 0.2) is 0 Å². The Morgan fingerprint density at radius 1 is 1.24 bits per heavy atom. The van der Waals surface area contributed by atoms with Gasteiger partial charge in [-0.1, -0.05) is 29.3 Å². The average Bonchev–Trinajstić information content (AvgIpc) is 2.38. The number of nitrogens with zero attached hydrogens (tertiary/aromatic N) is 1. The molecule has 1 fully saturated rings. The van der Waals surface area contributed by atoms with Gasteiger partial charge < -0.3 is 4.90 Å². The number of nitrogens with one attached hydrogen (secondary N) is 1. The van der Waals surface area contributed by atoms with E-state index in [9.17, 15) is 13.2 Å². The van der Waals surface area contributed by atoms with Crippen LogP contribution in [0.5, 0.6) is 0 Å². The van der Waals surface area contributed by atoms with Gasteiger partial charge in [0.25, 0.3) is 0 Å². The van der Waals surface area contributed by atoms with E-state index in [0.717, 1.165) is 0 Å². The highest BCUT2D eigenvalue weighted by atomic mass is 35.5. The van der Waals surface area contributed by atoms with Crippen LogP contribution >= 0.6 is 23.2 Å². The van der Waals surface area contributed by atoms with Gasteiger partial charge in [-0.3, -0.25) is 4.79 Å². The van der Waals surface area contributed by atoms with Crippen LogP contribution in [-0.4, -0.2) is 38.4 Å². The molecule has 1 aromatic rings. The maximum Gasteiger partial charge on any atom is 0.243 e. The van der Waals surface area contributed by atoms with Crippen molar-refractivity contribution in [3.63, 3.8) is 0 Å². The molecule has 116 valence electrons. The van der Waals surface area contributed by atoms with Gasteiger partial charge in [-0.15, -0.1) is 0 Å². The smallest absolute Gasteiger partial charge is 0.243 e. The molecule has 0 aromatic heterocycles. The molecule has 0 unspecified atom stereocenters. The molecule has 1 amide bonds. The first kappa shape index (κ1) is 16.5. The number of hydrogen-bond acceptors (Lipinski definition) is 3. The molecule has 1 heterocycles. The molecule has 1 aliphatic heterocycles. The molecule has 0 radical (unpaired) electrons. The fraction of sp³-hybridized carbons (Fsp3) is 0.462. The zero-order valence-corrected chi connectivity index (χ0v) is 13.8. The summed E-state index contributed by atoms with van der Waals surface area (Å²) in [6.07, 6.45) is 1.14. The number of halogens is 2. The van der Waals surface area contributed by atoms with Crippen LogP contribution in [0, 0.1) is 0 Å². The maximum atomic E-state index is 12.4. The van der Waals surface area contributed by atoms with Crippen molar-refractivity contribution in [2.45, 2.75) is 30.7 Å². The zero-order valence-electron chi connectivity index (χ0n) is 11.5. The second-order valence-electron chi connectivity index (χ2n) is 4.95. The quantitative estimate of drug-likeness (QED) is 0.909. The Kier molecular flexibility index (Phi) is 5.14. The molecule has 0 bridgehead atoms. The lowest BCUT2D eigenvalue weighted by molar-refractivity contribution is -0.129. The average molecular weight is 351 g/mol. The van der Waals surface area contributed by atoms with E-state index in [1.807, 2.05) is 0 Å². The largest absolute Gasteiger partial charge is 0.343 e. The summed E-state index contributed by atoms with van der Waals surface area (Å²) in [6.45, 7) is 2.59. The van der Waals surface area contributed by atoms with E-state index < -0.39 is 10.0 Å². The first-order chi connectivity index (χ1) is 9.81. The van der Waals surface area contributed by atoms with Crippen molar-refractivity contribution < 1.29 is 13.2 Å². The Bertz CT molecular complexity index is 621. The standard InChI is InChI=1S/C13H16Cl2N2O3S/c1-9(18)17-7-5-10(6-8-17)16-21(19,20)13-11(14)3-2-4-12(13)15/h2-4,10,16H,5-8H2,1H3. The minimum Gasteiger partial charge on any atom is -0.343 e. The van der Waals surface area contributed by atoms with E-state index >= 15 is 0 Å². The van der Waals surface area contributed by atoms with Gasteiger partial charge >= 0.3 is 0 Å². The van der Waals surface area contributed by atoms with Crippen molar-refractivity contribution in [3.8, 4) is 0 Å². The first-order valence-electron chi connectivity index (χ1n) is 6.53. The number of hydrogen-bond donors (Lipinski definition) is 1. The van der Waals surface area contributed by atoms with Gasteiger partial charge in [0.2, 0.25) is 15.9 Å². The molecule has 0 aliphatic carbocycles. The van der Waals surface area contributed by atoms with E-state index in [-0.39, 0.29) is 26.9 Å². The van der Waals surface area contributed by atoms with Gasteiger partial charge in [-0.05, 0) is 25.0 Å². The Balaban J connectivity index is 2.11. The van der Waals surface area contributed by atoms with Gasteiger partial charge in [0, 0.05) is 26.1 Å². The highest BCUT2D eigenvalue weighted by Crippen LogP contribution is 2.29. The Morgan fingerprint density at radius 3 is 2.24 bits per heavy atom. The van der Waals surface area contributed by atoms with E-state index in [0.29, 0.717) is 25.9 Å². The molecule has 0 saturated carbocycles. The third-order valence-corrected chi connectivity index (χ3v) is 5.92. The molecule has 1 aliphatic rings. The highest BCUT2D eigenvalue weighted by molar-refractivity contribution is 7.89. The minimum atomic E-state index is -3.78. The summed E-state index contributed by atoms with van der Waals surface area (Å²) in [5.41, 5.74) is 0. The molecule has 8 heteroatoms. The summed E-state index contributed by atoms with van der Waals surface area (Å²) >= 11 is 11.9. The van der Waals surface area contributed by atoms with Crippen LogP contribution in [0.2, 0.25) is 10.0 Å². The number of sulfonamides is 1. The molecule has 1 N–H and O–H groups in total. The molecule has 1 aromatic carbocycles. The molecule has 0 spiro atoms. The second kappa shape index (κ2) is 6.52. The second-order valence-corrected chi connectivity index (χ2v) is 7.42. The molecular formula is C13H16Cl2N2O3S. The van der Waals surface area contributed by atoms with Gasteiger partial charge in [0.1, 0.15) is 4.90 Å². The van der Waals surface area contributed by atoms with Crippen LogP contribution in [0.3, 0.4) is 0 Å². The van der Waals surface area contributed by atoms with E-state index in [1.54, 1.807) is 11.0 Å². The molecule has 2 rings (SSSR count). The first-order valence-corrected chi connectivity index (χ1v) is 8.77. The maximum absolute atomic E-state index is 12.4. The summed E-state index contributed by atoms with van der Waals surface area (Å²) < 4.78 is 27.4. The van der Waals surface area contributed by atoms with Gasteiger partial charge in [-0.2, -0.15) is 0 Å². The van der Waals surface area contributed by atoms with E-state index in [2.05, 4.69) is 4.72 Å². The van der Waals surface area contributed by atoms with Crippen molar-refractivity contribution in [3.05, 3.63) is 28.2 Å². The number of carbonyl (C=O) groups excluding carboxylic acids is 1. The lowest BCUT2D eigenvalue weighted by Gasteiger charge is -2.31. The molecule has 0 atom stereocenters. The Labute approximate surface area is 134 Å². The minimum absolute atomic E-state index is 0.00505. The van der Waals surface area contributed by atoms with Gasteiger partial charge in [0.05, 0.1) is 10.0 Å². The monoisotopic (exact) mass is 350 g/mol. The van der Waals surface area contributed by atoms with Crippen molar-refractivity contribution in [2.24, 2.45) is 0 Å². The summed E-state index contributed by atoms with van der Waals surface area (Å²) in [4.78, 5) is 12.9. The number of benzene rings is 1. The van der Waals surface area contributed by atoms with Crippen molar-refractivity contribution in [1.82, 2.24) is 9.62 Å². The number of likely N-dealkylation sites (tertiary alicyclic amines) is 1.